The van der Waals surface area contributed by atoms with Crippen molar-refractivity contribution in [2.24, 2.45) is 0 Å². The molecule has 0 aliphatic carbocycles. The molecule has 6 nitrogen and oxygen atoms in total. The van der Waals surface area contributed by atoms with Gasteiger partial charge in [-0.05, 0) is 18.2 Å². The number of methoxy groups -OCH3 is 1. The highest BCUT2D eigenvalue weighted by Gasteiger charge is 2.19. The van der Waals surface area contributed by atoms with Crippen LogP contribution in [0.15, 0.2) is 36.7 Å². The van der Waals surface area contributed by atoms with Crippen LogP contribution < -0.4 is 20.3 Å². The van der Waals surface area contributed by atoms with Gasteiger partial charge in [0.25, 0.3) is 0 Å². The summed E-state index contributed by atoms with van der Waals surface area (Å²) in [6.45, 7) is 3.64. The van der Waals surface area contributed by atoms with Crippen LogP contribution >= 0.6 is 0 Å². The van der Waals surface area contributed by atoms with Crippen LogP contribution in [-0.4, -0.2) is 43.3 Å². The maximum Gasteiger partial charge on any atom is 0.225 e. The van der Waals surface area contributed by atoms with Crippen LogP contribution in [0.1, 0.15) is 0 Å². The number of aromatic nitrogens is 2. The van der Waals surface area contributed by atoms with E-state index in [9.17, 15) is 0 Å². The molecule has 0 bridgehead atoms. The van der Waals surface area contributed by atoms with Crippen molar-refractivity contribution in [3.63, 3.8) is 0 Å². The highest BCUT2D eigenvalue weighted by molar-refractivity contribution is 5.62. The van der Waals surface area contributed by atoms with Gasteiger partial charge in [-0.15, -0.1) is 0 Å². The molecule has 1 aliphatic heterocycles. The van der Waals surface area contributed by atoms with E-state index in [2.05, 4.69) is 19.8 Å². The molecular weight excluding hydrogens is 266 g/mol. The number of hydrogen-bond donors (Lipinski definition) is 1. The van der Waals surface area contributed by atoms with Crippen molar-refractivity contribution >= 4 is 17.3 Å². The van der Waals surface area contributed by atoms with Gasteiger partial charge >= 0.3 is 0 Å². The van der Waals surface area contributed by atoms with E-state index in [0.717, 1.165) is 43.6 Å². The summed E-state index contributed by atoms with van der Waals surface area (Å²) >= 11 is 0. The topological polar surface area (TPSA) is 67.5 Å². The van der Waals surface area contributed by atoms with Crippen molar-refractivity contribution in [3.05, 3.63) is 36.7 Å². The Morgan fingerprint density at radius 2 is 1.71 bits per heavy atom. The quantitative estimate of drug-likeness (QED) is 0.860. The lowest BCUT2D eigenvalue weighted by Crippen LogP contribution is -2.47. The van der Waals surface area contributed by atoms with Crippen molar-refractivity contribution in [1.29, 1.82) is 0 Å². The zero-order valence-electron chi connectivity index (χ0n) is 12.1. The van der Waals surface area contributed by atoms with Gasteiger partial charge < -0.3 is 20.3 Å². The second-order valence-corrected chi connectivity index (χ2v) is 4.95. The Bertz CT molecular complexity index is 596. The SMILES string of the molecule is COc1cc(N2CCN(c3ncccn3)CC2)ccc1N. The zero-order valence-corrected chi connectivity index (χ0v) is 12.1. The highest BCUT2D eigenvalue weighted by atomic mass is 16.5. The number of hydrogen-bond acceptors (Lipinski definition) is 6. The van der Waals surface area contributed by atoms with Gasteiger partial charge in [-0.2, -0.15) is 0 Å². The highest BCUT2D eigenvalue weighted by Crippen LogP contribution is 2.28. The van der Waals surface area contributed by atoms with Crippen molar-refractivity contribution in [3.8, 4) is 5.75 Å². The molecule has 6 heteroatoms. The molecule has 21 heavy (non-hydrogen) atoms. The molecule has 110 valence electrons. The van der Waals surface area contributed by atoms with Crippen LogP contribution in [0.4, 0.5) is 17.3 Å². The number of ether oxygens (including phenoxy) is 1. The van der Waals surface area contributed by atoms with Gasteiger partial charge in [0.05, 0.1) is 12.8 Å². The zero-order chi connectivity index (χ0) is 14.7. The molecule has 2 heterocycles. The van der Waals surface area contributed by atoms with Crippen molar-refractivity contribution in [2.45, 2.75) is 0 Å². The maximum absolute atomic E-state index is 5.86. The van der Waals surface area contributed by atoms with E-state index >= 15 is 0 Å². The van der Waals surface area contributed by atoms with E-state index < -0.39 is 0 Å². The first-order valence-corrected chi connectivity index (χ1v) is 6.98. The first kappa shape index (κ1) is 13.5. The van der Waals surface area contributed by atoms with Crippen molar-refractivity contribution in [1.82, 2.24) is 9.97 Å². The second-order valence-electron chi connectivity index (χ2n) is 4.95. The van der Waals surface area contributed by atoms with E-state index in [1.165, 1.54) is 0 Å². The van der Waals surface area contributed by atoms with E-state index in [0.29, 0.717) is 5.69 Å². The van der Waals surface area contributed by atoms with E-state index in [4.69, 9.17) is 10.5 Å². The van der Waals surface area contributed by atoms with Gasteiger partial charge in [-0.1, -0.05) is 0 Å². The van der Waals surface area contributed by atoms with Gasteiger partial charge in [0, 0.05) is 50.3 Å². The number of nitrogens with two attached hydrogens (primary N) is 1. The lowest BCUT2D eigenvalue weighted by Gasteiger charge is -2.36. The molecule has 1 aromatic heterocycles. The molecule has 1 aliphatic rings. The van der Waals surface area contributed by atoms with Gasteiger partial charge in [0.2, 0.25) is 5.95 Å². The molecule has 0 radical (unpaired) electrons. The van der Waals surface area contributed by atoms with E-state index in [1.807, 2.05) is 24.3 Å². The molecule has 3 rings (SSSR count). The van der Waals surface area contributed by atoms with Gasteiger partial charge in [0.15, 0.2) is 0 Å². The number of nitrogen functional groups attached to an aromatic ring is 1. The summed E-state index contributed by atoms with van der Waals surface area (Å²) < 4.78 is 5.28. The molecule has 2 N–H and O–H groups in total. The summed E-state index contributed by atoms with van der Waals surface area (Å²) in [4.78, 5) is 13.1. The third-order valence-electron chi connectivity index (χ3n) is 3.70. The molecule has 0 saturated carbocycles. The fourth-order valence-corrected chi connectivity index (χ4v) is 2.52. The monoisotopic (exact) mass is 285 g/mol. The first-order valence-electron chi connectivity index (χ1n) is 6.98. The van der Waals surface area contributed by atoms with Gasteiger partial charge in [-0.3, -0.25) is 0 Å². The van der Waals surface area contributed by atoms with Crippen LogP contribution in [0.2, 0.25) is 0 Å². The van der Waals surface area contributed by atoms with Crippen LogP contribution in [-0.2, 0) is 0 Å². The van der Waals surface area contributed by atoms with Crippen molar-refractivity contribution < 1.29 is 4.74 Å². The normalized spacial score (nSPS) is 15.1. The Labute approximate surface area is 124 Å². The predicted molar refractivity (Wildman–Crippen MR) is 83.9 cm³/mol. The van der Waals surface area contributed by atoms with Crippen LogP contribution in [0, 0.1) is 0 Å². The average molecular weight is 285 g/mol. The largest absolute Gasteiger partial charge is 0.495 e. The minimum atomic E-state index is 0.664. The molecule has 1 aromatic carbocycles. The minimum Gasteiger partial charge on any atom is -0.495 e. The Morgan fingerprint density at radius 3 is 2.38 bits per heavy atom. The van der Waals surface area contributed by atoms with E-state index in [1.54, 1.807) is 19.5 Å². The Hall–Kier alpha value is -2.50. The molecule has 0 unspecified atom stereocenters. The Kier molecular flexibility index (Phi) is 3.77. The lowest BCUT2D eigenvalue weighted by atomic mass is 10.2. The van der Waals surface area contributed by atoms with E-state index in [-0.39, 0.29) is 0 Å². The predicted octanol–water partition coefficient (Wildman–Crippen LogP) is 1.39. The first-order chi connectivity index (χ1) is 10.3. The van der Waals surface area contributed by atoms with Gasteiger partial charge in [0.1, 0.15) is 5.75 Å². The Morgan fingerprint density at radius 1 is 1.05 bits per heavy atom. The fourth-order valence-electron chi connectivity index (χ4n) is 2.52. The number of rotatable bonds is 3. The number of benzene rings is 1. The van der Waals surface area contributed by atoms with Crippen LogP contribution in [0.25, 0.3) is 0 Å². The standard InChI is InChI=1S/C15H19N5O/c1-21-14-11-12(3-4-13(14)16)19-7-9-20(10-8-19)15-17-5-2-6-18-15/h2-6,11H,7-10,16H2,1H3. The summed E-state index contributed by atoms with van der Waals surface area (Å²) in [6, 6.07) is 7.75. The third-order valence-corrected chi connectivity index (χ3v) is 3.70. The molecule has 0 amide bonds. The summed E-state index contributed by atoms with van der Waals surface area (Å²) in [5, 5.41) is 0. The lowest BCUT2D eigenvalue weighted by molar-refractivity contribution is 0.417. The Balaban J connectivity index is 1.68. The summed E-state index contributed by atoms with van der Waals surface area (Å²) in [5.74, 6) is 1.52. The second kappa shape index (κ2) is 5.87. The van der Waals surface area contributed by atoms with Crippen molar-refractivity contribution in [2.75, 3.05) is 48.8 Å². The number of piperazine rings is 1. The molecule has 1 fully saturated rings. The van der Waals surface area contributed by atoms with Gasteiger partial charge in [-0.25, -0.2) is 9.97 Å². The summed E-state index contributed by atoms with van der Waals surface area (Å²) in [5.41, 5.74) is 7.66. The average Bonchev–Trinajstić information content (AvgIpc) is 2.56. The minimum absolute atomic E-state index is 0.664. The fraction of sp³-hybridized carbons (Fsp3) is 0.333. The molecule has 0 atom stereocenters. The van der Waals surface area contributed by atoms with Crippen LogP contribution in [0.3, 0.4) is 0 Å². The number of nitrogens with zero attached hydrogens (tertiary/aromatic N) is 4. The molecule has 0 spiro atoms. The smallest absolute Gasteiger partial charge is 0.225 e. The van der Waals surface area contributed by atoms with Crippen LogP contribution in [0.5, 0.6) is 5.75 Å². The maximum atomic E-state index is 5.86. The molecule has 1 saturated heterocycles. The third kappa shape index (κ3) is 2.84. The molecule has 2 aromatic rings. The number of anilines is 3. The summed E-state index contributed by atoms with van der Waals surface area (Å²) in [6.07, 6.45) is 3.55. The summed E-state index contributed by atoms with van der Waals surface area (Å²) in [7, 11) is 1.64. The molecular formula is C15H19N5O.